The third kappa shape index (κ3) is 3.95. The van der Waals surface area contributed by atoms with Crippen molar-refractivity contribution in [3.05, 3.63) is 0 Å². The summed E-state index contributed by atoms with van der Waals surface area (Å²) in [6, 6.07) is 0. The number of amides is 1. The first-order valence-electron chi connectivity index (χ1n) is 7.82. The number of nitrogens with zero attached hydrogens (tertiary/aromatic N) is 2. The highest BCUT2D eigenvalue weighted by molar-refractivity contribution is 5.79. The molecule has 1 heterocycles. The van der Waals surface area contributed by atoms with Crippen molar-refractivity contribution in [3.8, 4) is 0 Å². The number of carbonyl (C=O) groups excluding carboxylic acids is 1. The van der Waals surface area contributed by atoms with E-state index in [4.69, 9.17) is 5.11 Å². The zero-order valence-corrected chi connectivity index (χ0v) is 12.4. The van der Waals surface area contributed by atoms with Crippen molar-refractivity contribution < 1.29 is 14.7 Å². The summed E-state index contributed by atoms with van der Waals surface area (Å²) in [6.45, 7) is 5.43. The van der Waals surface area contributed by atoms with Gasteiger partial charge < -0.3 is 10.0 Å². The fraction of sp³-hybridized carbons (Fsp3) is 0.867. The second kappa shape index (κ2) is 7.07. The minimum atomic E-state index is -0.745. The molecule has 1 atom stereocenters. The van der Waals surface area contributed by atoms with E-state index in [2.05, 4.69) is 4.90 Å². The Balaban J connectivity index is 1.75. The van der Waals surface area contributed by atoms with Gasteiger partial charge in [-0.05, 0) is 12.8 Å². The molecule has 5 nitrogen and oxygen atoms in total. The minimum Gasteiger partial charge on any atom is -0.481 e. The van der Waals surface area contributed by atoms with Gasteiger partial charge in [0.05, 0.1) is 5.92 Å². The molecule has 2 fully saturated rings. The first kappa shape index (κ1) is 15.3. The van der Waals surface area contributed by atoms with Crippen LogP contribution in [0, 0.1) is 11.8 Å². The van der Waals surface area contributed by atoms with E-state index in [9.17, 15) is 9.59 Å². The molecule has 1 saturated heterocycles. The standard InChI is InChI=1S/C15H26N2O3/c1-12(15(19)20)11-16-7-9-17(10-8-16)14(18)13-5-3-2-4-6-13/h12-13H,2-11H2,1H3,(H,19,20). The lowest BCUT2D eigenvalue weighted by molar-refractivity contribution is -0.143. The molecule has 1 saturated carbocycles. The summed E-state index contributed by atoms with van der Waals surface area (Å²) in [4.78, 5) is 27.4. The van der Waals surface area contributed by atoms with Crippen molar-refractivity contribution in [1.29, 1.82) is 0 Å². The van der Waals surface area contributed by atoms with Gasteiger partial charge in [-0.3, -0.25) is 14.5 Å². The molecule has 0 spiro atoms. The van der Waals surface area contributed by atoms with E-state index in [-0.39, 0.29) is 11.8 Å². The molecule has 1 amide bonds. The van der Waals surface area contributed by atoms with E-state index in [1.54, 1.807) is 6.92 Å². The number of carboxylic acids is 1. The van der Waals surface area contributed by atoms with Crippen LogP contribution < -0.4 is 0 Å². The molecule has 0 aromatic rings. The number of rotatable bonds is 4. The summed E-state index contributed by atoms with van der Waals surface area (Å²) in [5, 5.41) is 8.93. The molecule has 5 heteroatoms. The van der Waals surface area contributed by atoms with E-state index >= 15 is 0 Å². The highest BCUT2D eigenvalue weighted by atomic mass is 16.4. The molecular weight excluding hydrogens is 256 g/mol. The summed E-state index contributed by atoms with van der Waals surface area (Å²) < 4.78 is 0. The Morgan fingerprint density at radius 3 is 2.25 bits per heavy atom. The number of hydrogen-bond acceptors (Lipinski definition) is 3. The van der Waals surface area contributed by atoms with Crippen LogP contribution in [-0.4, -0.2) is 59.5 Å². The number of piperazine rings is 1. The normalized spacial score (nSPS) is 23.6. The van der Waals surface area contributed by atoms with Gasteiger partial charge >= 0.3 is 5.97 Å². The van der Waals surface area contributed by atoms with Crippen LogP contribution in [-0.2, 0) is 9.59 Å². The molecular formula is C15H26N2O3. The second-order valence-corrected chi connectivity index (χ2v) is 6.20. The van der Waals surface area contributed by atoms with E-state index in [0.29, 0.717) is 12.5 Å². The summed E-state index contributed by atoms with van der Waals surface area (Å²) in [5.74, 6) is -0.509. The summed E-state index contributed by atoms with van der Waals surface area (Å²) in [5.41, 5.74) is 0. The zero-order valence-electron chi connectivity index (χ0n) is 12.4. The Labute approximate surface area is 120 Å². The van der Waals surface area contributed by atoms with Crippen molar-refractivity contribution in [2.75, 3.05) is 32.7 Å². The van der Waals surface area contributed by atoms with Gasteiger partial charge in [0.2, 0.25) is 5.91 Å². The Morgan fingerprint density at radius 2 is 1.70 bits per heavy atom. The molecule has 20 heavy (non-hydrogen) atoms. The summed E-state index contributed by atoms with van der Waals surface area (Å²) in [7, 11) is 0. The maximum atomic E-state index is 12.4. The van der Waals surface area contributed by atoms with Crippen LogP contribution in [0.3, 0.4) is 0 Å². The minimum absolute atomic E-state index is 0.244. The lowest BCUT2D eigenvalue weighted by atomic mass is 9.88. The fourth-order valence-electron chi connectivity index (χ4n) is 3.22. The van der Waals surface area contributed by atoms with E-state index in [1.165, 1.54) is 19.3 Å². The molecule has 2 aliphatic rings. The van der Waals surface area contributed by atoms with Crippen LogP contribution in [0.4, 0.5) is 0 Å². The monoisotopic (exact) mass is 282 g/mol. The predicted octanol–water partition coefficient (Wildman–Crippen LogP) is 1.43. The van der Waals surface area contributed by atoms with E-state index in [0.717, 1.165) is 39.0 Å². The molecule has 0 radical (unpaired) electrons. The Hall–Kier alpha value is -1.10. The number of hydrogen-bond donors (Lipinski definition) is 1. The SMILES string of the molecule is CC(CN1CCN(C(=O)C2CCCCC2)CC1)C(=O)O. The number of carbonyl (C=O) groups is 2. The molecule has 0 aromatic heterocycles. The van der Waals surface area contributed by atoms with Crippen molar-refractivity contribution in [2.24, 2.45) is 11.8 Å². The van der Waals surface area contributed by atoms with Gasteiger partial charge in [-0.25, -0.2) is 0 Å². The van der Waals surface area contributed by atoms with Crippen LogP contribution in [0.1, 0.15) is 39.0 Å². The van der Waals surface area contributed by atoms with Gasteiger partial charge in [-0.1, -0.05) is 26.2 Å². The third-order valence-corrected chi connectivity index (χ3v) is 4.59. The van der Waals surface area contributed by atoms with Crippen LogP contribution in [0.2, 0.25) is 0 Å². The highest BCUT2D eigenvalue weighted by Crippen LogP contribution is 2.25. The molecule has 1 unspecified atom stereocenters. The van der Waals surface area contributed by atoms with Gasteiger partial charge in [-0.15, -0.1) is 0 Å². The highest BCUT2D eigenvalue weighted by Gasteiger charge is 2.29. The van der Waals surface area contributed by atoms with Crippen molar-refractivity contribution >= 4 is 11.9 Å². The number of carboxylic acid groups (broad SMARTS) is 1. The fourth-order valence-corrected chi connectivity index (χ4v) is 3.22. The Morgan fingerprint density at radius 1 is 1.10 bits per heavy atom. The average Bonchev–Trinajstić information content (AvgIpc) is 2.48. The van der Waals surface area contributed by atoms with Crippen LogP contribution in [0.25, 0.3) is 0 Å². The third-order valence-electron chi connectivity index (χ3n) is 4.59. The van der Waals surface area contributed by atoms with Crippen molar-refractivity contribution in [2.45, 2.75) is 39.0 Å². The van der Waals surface area contributed by atoms with Crippen molar-refractivity contribution in [3.63, 3.8) is 0 Å². The molecule has 1 N–H and O–H groups in total. The molecule has 0 bridgehead atoms. The summed E-state index contributed by atoms with van der Waals surface area (Å²) in [6.07, 6.45) is 5.74. The molecule has 2 rings (SSSR count). The van der Waals surface area contributed by atoms with Crippen LogP contribution in [0.5, 0.6) is 0 Å². The van der Waals surface area contributed by atoms with Gasteiger partial charge in [0.1, 0.15) is 0 Å². The van der Waals surface area contributed by atoms with E-state index < -0.39 is 5.97 Å². The lowest BCUT2D eigenvalue weighted by Gasteiger charge is -2.37. The topological polar surface area (TPSA) is 60.9 Å². The predicted molar refractivity (Wildman–Crippen MR) is 76.4 cm³/mol. The average molecular weight is 282 g/mol. The van der Waals surface area contributed by atoms with Gasteiger partial charge in [0.15, 0.2) is 0 Å². The maximum absolute atomic E-state index is 12.4. The Bertz CT molecular complexity index is 345. The zero-order chi connectivity index (χ0) is 14.5. The molecule has 114 valence electrons. The summed E-state index contributed by atoms with van der Waals surface area (Å²) >= 11 is 0. The Kier molecular flexibility index (Phi) is 5.40. The largest absolute Gasteiger partial charge is 0.481 e. The molecule has 0 aromatic carbocycles. The molecule has 1 aliphatic carbocycles. The van der Waals surface area contributed by atoms with Gasteiger partial charge in [0.25, 0.3) is 0 Å². The quantitative estimate of drug-likeness (QED) is 0.847. The maximum Gasteiger partial charge on any atom is 0.307 e. The van der Waals surface area contributed by atoms with Crippen LogP contribution in [0.15, 0.2) is 0 Å². The molecule has 1 aliphatic heterocycles. The van der Waals surface area contributed by atoms with Crippen molar-refractivity contribution in [1.82, 2.24) is 9.80 Å². The second-order valence-electron chi connectivity index (χ2n) is 6.20. The smallest absolute Gasteiger partial charge is 0.307 e. The first-order valence-corrected chi connectivity index (χ1v) is 7.82. The van der Waals surface area contributed by atoms with Gasteiger partial charge in [-0.2, -0.15) is 0 Å². The van der Waals surface area contributed by atoms with Gasteiger partial charge in [0, 0.05) is 38.6 Å². The first-order chi connectivity index (χ1) is 9.58. The lowest BCUT2D eigenvalue weighted by Crippen LogP contribution is -2.51. The number of aliphatic carboxylic acids is 1. The van der Waals surface area contributed by atoms with Crippen LogP contribution >= 0.6 is 0 Å². The van der Waals surface area contributed by atoms with E-state index in [1.807, 2.05) is 4.90 Å².